The Labute approximate surface area is 127 Å². The van der Waals surface area contributed by atoms with Gasteiger partial charge in [-0.25, -0.2) is 9.97 Å². The van der Waals surface area contributed by atoms with Crippen molar-refractivity contribution in [3.05, 3.63) is 41.3 Å². The predicted molar refractivity (Wildman–Crippen MR) is 86.2 cm³/mol. The summed E-state index contributed by atoms with van der Waals surface area (Å²) in [4.78, 5) is 13.6. The number of nitrogens with one attached hydrogen (secondary N) is 1. The summed E-state index contributed by atoms with van der Waals surface area (Å²) in [7, 11) is 0. The Balaban J connectivity index is 2.11. The lowest BCUT2D eigenvalue weighted by atomic mass is 10.1. The van der Waals surface area contributed by atoms with Crippen molar-refractivity contribution in [1.29, 1.82) is 0 Å². The number of rotatable bonds is 6. The molecule has 0 atom stereocenters. The van der Waals surface area contributed by atoms with Gasteiger partial charge in [-0.3, -0.25) is 4.98 Å². The Hall–Kier alpha value is -1.81. The molecule has 0 spiro atoms. The van der Waals surface area contributed by atoms with Crippen molar-refractivity contribution in [3.8, 4) is 11.5 Å². The van der Waals surface area contributed by atoms with Crippen LogP contribution < -0.4 is 5.32 Å². The van der Waals surface area contributed by atoms with Crippen molar-refractivity contribution in [2.24, 2.45) is 0 Å². The van der Waals surface area contributed by atoms with Gasteiger partial charge in [0.15, 0.2) is 5.82 Å². The molecule has 0 fully saturated rings. The lowest BCUT2D eigenvalue weighted by Crippen LogP contribution is -2.24. The fourth-order valence-corrected chi connectivity index (χ4v) is 2.37. The third-order valence-corrected chi connectivity index (χ3v) is 3.47. The first-order chi connectivity index (χ1) is 10.1. The minimum atomic E-state index is 0.537. The highest BCUT2D eigenvalue weighted by Gasteiger charge is 2.10. The molecule has 0 radical (unpaired) electrons. The van der Waals surface area contributed by atoms with Crippen LogP contribution in [-0.2, 0) is 6.42 Å². The van der Waals surface area contributed by atoms with Gasteiger partial charge in [0, 0.05) is 23.6 Å². The van der Waals surface area contributed by atoms with Crippen molar-refractivity contribution in [2.75, 3.05) is 6.54 Å². The van der Waals surface area contributed by atoms with Gasteiger partial charge in [-0.15, -0.1) is 0 Å². The molecule has 0 bridgehead atoms. The van der Waals surface area contributed by atoms with Gasteiger partial charge >= 0.3 is 0 Å². The molecule has 0 saturated heterocycles. The van der Waals surface area contributed by atoms with Gasteiger partial charge in [0.1, 0.15) is 5.69 Å². The summed E-state index contributed by atoms with van der Waals surface area (Å²) in [6.07, 6.45) is 3.89. The highest BCUT2D eigenvalue weighted by molar-refractivity contribution is 5.49. The molecule has 2 rings (SSSR count). The lowest BCUT2D eigenvalue weighted by Gasteiger charge is -2.12. The second kappa shape index (κ2) is 7.27. The zero-order valence-electron chi connectivity index (χ0n) is 13.3. The summed E-state index contributed by atoms with van der Waals surface area (Å²) in [6, 6.07) is 6.34. The predicted octanol–water partition coefficient (Wildman–Crippen LogP) is 3.09. The van der Waals surface area contributed by atoms with Crippen LogP contribution in [0.15, 0.2) is 24.4 Å². The average molecular weight is 284 g/mol. The second-order valence-electron chi connectivity index (χ2n) is 5.62. The van der Waals surface area contributed by atoms with Crippen molar-refractivity contribution in [2.45, 2.75) is 46.6 Å². The average Bonchev–Trinajstić information content (AvgIpc) is 2.46. The summed E-state index contributed by atoms with van der Waals surface area (Å²) in [5.41, 5.74) is 4.22. The smallest absolute Gasteiger partial charge is 0.178 e. The van der Waals surface area contributed by atoms with E-state index in [9.17, 15) is 0 Å². The Morgan fingerprint density at radius 3 is 2.38 bits per heavy atom. The largest absolute Gasteiger partial charge is 0.315 e. The summed E-state index contributed by atoms with van der Waals surface area (Å²) < 4.78 is 0. The standard InChI is InChI=1S/C17H24N4/c1-12(2)18-11-7-8-15-13(3)20-17(21-14(15)4)16-9-5-6-10-19-16/h5-6,9-10,12,18H,7-8,11H2,1-4H3. The van der Waals surface area contributed by atoms with Gasteiger partial charge in [0.05, 0.1) is 0 Å². The van der Waals surface area contributed by atoms with E-state index in [2.05, 4.69) is 48.0 Å². The van der Waals surface area contributed by atoms with E-state index in [0.29, 0.717) is 6.04 Å². The molecular weight excluding hydrogens is 260 g/mol. The van der Waals surface area contributed by atoms with Gasteiger partial charge in [-0.2, -0.15) is 0 Å². The molecule has 2 aromatic heterocycles. The van der Waals surface area contributed by atoms with E-state index in [1.54, 1.807) is 6.20 Å². The normalized spacial score (nSPS) is 11.1. The molecule has 0 unspecified atom stereocenters. The van der Waals surface area contributed by atoms with Crippen LogP contribution in [0, 0.1) is 13.8 Å². The molecule has 0 amide bonds. The summed E-state index contributed by atoms with van der Waals surface area (Å²) >= 11 is 0. The van der Waals surface area contributed by atoms with Crippen LogP contribution in [0.25, 0.3) is 11.5 Å². The quantitative estimate of drug-likeness (QED) is 0.828. The number of aromatic nitrogens is 3. The first-order valence-electron chi connectivity index (χ1n) is 7.57. The van der Waals surface area contributed by atoms with Crippen molar-refractivity contribution < 1.29 is 0 Å². The minimum absolute atomic E-state index is 0.537. The number of hydrogen-bond acceptors (Lipinski definition) is 4. The SMILES string of the molecule is Cc1nc(-c2ccccn2)nc(C)c1CCCNC(C)C. The van der Waals surface area contributed by atoms with Crippen LogP contribution in [0.3, 0.4) is 0 Å². The van der Waals surface area contributed by atoms with Crippen LogP contribution >= 0.6 is 0 Å². The fourth-order valence-electron chi connectivity index (χ4n) is 2.37. The van der Waals surface area contributed by atoms with E-state index < -0.39 is 0 Å². The first-order valence-corrected chi connectivity index (χ1v) is 7.57. The summed E-state index contributed by atoms with van der Waals surface area (Å²) in [5.74, 6) is 0.717. The van der Waals surface area contributed by atoms with Crippen LogP contribution in [-0.4, -0.2) is 27.5 Å². The molecule has 0 aliphatic heterocycles. The summed E-state index contributed by atoms with van der Waals surface area (Å²) in [6.45, 7) is 9.49. The molecule has 21 heavy (non-hydrogen) atoms. The van der Waals surface area contributed by atoms with Gasteiger partial charge in [-0.05, 0) is 50.9 Å². The number of pyridine rings is 1. The van der Waals surface area contributed by atoms with E-state index >= 15 is 0 Å². The van der Waals surface area contributed by atoms with Gasteiger partial charge in [0.25, 0.3) is 0 Å². The molecule has 4 heteroatoms. The molecule has 0 aliphatic rings. The van der Waals surface area contributed by atoms with Gasteiger partial charge in [0.2, 0.25) is 0 Å². The minimum Gasteiger partial charge on any atom is -0.315 e. The molecule has 112 valence electrons. The van der Waals surface area contributed by atoms with Crippen LogP contribution in [0.5, 0.6) is 0 Å². The van der Waals surface area contributed by atoms with E-state index in [-0.39, 0.29) is 0 Å². The maximum atomic E-state index is 4.62. The molecule has 2 aromatic rings. The third kappa shape index (κ3) is 4.33. The number of hydrogen-bond donors (Lipinski definition) is 1. The molecule has 0 aromatic carbocycles. The first kappa shape index (κ1) is 15.6. The van der Waals surface area contributed by atoms with E-state index in [1.807, 2.05) is 18.2 Å². The van der Waals surface area contributed by atoms with Gasteiger partial charge < -0.3 is 5.32 Å². The zero-order valence-corrected chi connectivity index (χ0v) is 13.3. The maximum absolute atomic E-state index is 4.62. The van der Waals surface area contributed by atoms with E-state index in [4.69, 9.17) is 0 Å². The third-order valence-electron chi connectivity index (χ3n) is 3.47. The molecular formula is C17H24N4. The highest BCUT2D eigenvalue weighted by atomic mass is 14.9. The highest BCUT2D eigenvalue weighted by Crippen LogP contribution is 2.17. The van der Waals surface area contributed by atoms with Crippen molar-refractivity contribution >= 4 is 0 Å². The van der Waals surface area contributed by atoms with E-state index in [1.165, 1.54) is 5.56 Å². The molecule has 0 saturated carbocycles. The van der Waals surface area contributed by atoms with Crippen molar-refractivity contribution in [1.82, 2.24) is 20.3 Å². The van der Waals surface area contributed by atoms with E-state index in [0.717, 1.165) is 42.3 Å². The van der Waals surface area contributed by atoms with Crippen LogP contribution in [0.2, 0.25) is 0 Å². The Morgan fingerprint density at radius 1 is 1.10 bits per heavy atom. The molecule has 2 heterocycles. The van der Waals surface area contributed by atoms with Crippen LogP contribution in [0.1, 0.15) is 37.2 Å². The molecule has 0 aliphatic carbocycles. The number of aryl methyl sites for hydroxylation is 2. The molecule has 1 N–H and O–H groups in total. The molecule has 4 nitrogen and oxygen atoms in total. The summed E-state index contributed by atoms with van der Waals surface area (Å²) in [5, 5.41) is 3.44. The van der Waals surface area contributed by atoms with Crippen molar-refractivity contribution in [3.63, 3.8) is 0 Å². The van der Waals surface area contributed by atoms with Gasteiger partial charge in [-0.1, -0.05) is 19.9 Å². The number of nitrogens with zero attached hydrogens (tertiary/aromatic N) is 3. The lowest BCUT2D eigenvalue weighted by molar-refractivity contribution is 0.569. The van der Waals surface area contributed by atoms with Crippen LogP contribution in [0.4, 0.5) is 0 Å². The Morgan fingerprint density at radius 2 is 1.81 bits per heavy atom. The Kier molecular flexibility index (Phi) is 5.39. The maximum Gasteiger partial charge on any atom is 0.178 e. The second-order valence-corrected chi connectivity index (χ2v) is 5.62. The topological polar surface area (TPSA) is 50.7 Å². The Bertz CT molecular complexity index is 556. The fraction of sp³-hybridized carbons (Fsp3) is 0.471. The zero-order chi connectivity index (χ0) is 15.2. The monoisotopic (exact) mass is 284 g/mol.